The van der Waals surface area contributed by atoms with Crippen molar-refractivity contribution in [3.8, 4) is 0 Å². The van der Waals surface area contributed by atoms with Crippen LogP contribution in [0, 0.1) is 0 Å². The van der Waals surface area contributed by atoms with Crippen LogP contribution in [0.2, 0.25) is 0 Å². The van der Waals surface area contributed by atoms with Crippen molar-refractivity contribution in [1.82, 2.24) is 5.73 Å². The molecule has 1 N–H and O–H groups in total. The van der Waals surface area contributed by atoms with Gasteiger partial charge in [-0.3, -0.25) is 10.5 Å². The van der Waals surface area contributed by atoms with Crippen molar-refractivity contribution in [1.29, 1.82) is 0 Å². The van der Waals surface area contributed by atoms with Crippen molar-refractivity contribution < 1.29 is 14.3 Å². The summed E-state index contributed by atoms with van der Waals surface area (Å²) < 4.78 is 9.30. The number of methoxy groups -OCH3 is 1. The molecule has 0 aromatic rings. The highest BCUT2D eigenvalue weighted by molar-refractivity contribution is 5.74. The summed E-state index contributed by atoms with van der Waals surface area (Å²) in [6.07, 6.45) is 0. The third-order valence-corrected chi connectivity index (χ3v) is 0.665. The number of hydrogen-bond donors (Lipinski definition) is 0. The number of carbonyl (C=O) groups excluding carboxylic acids is 1. The third-order valence-electron chi connectivity index (χ3n) is 0.665. The van der Waals surface area contributed by atoms with Crippen LogP contribution in [0.4, 0.5) is 0 Å². The van der Waals surface area contributed by atoms with Crippen LogP contribution in [0.1, 0.15) is 0 Å². The first-order valence-electron chi connectivity index (χ1n) is 2.58. The molecule has 0 aromatic carbocycles. The van der Waals surface area contributed by atoms with Crippen molar-refractivity contribution in [3.63, 3.8) is 0 Å². The molecule has 0 atom stereocenters. The number of amides is 1. The zero-order valence-corrected chi connectivity index (χ0v) is 5.35. The summed E-state index contributed by atoms with van der Waals surface area (Å²) in [6, 6.07) is 0. The summed E-state index contributed by atoms with van der Waals surface area (Å²) in [5.41, 5.74) is 6.41. The molecule has 0 aliphatic carbocycles. The van der Waals surface area contributed by atoms with E-state index in [1.807, 2.05) is 0 Å². The molecule has 0 aliphatic rings. The maximum atomic E-state index is 9.91. The summed E-state index contributed by atoms with van der Waals surface area (Å²) in [6.45, 7) is 0.706. The van der Waals surface area contributed by atoms with Crippen LogP contribution in [0.3, 0.4) is 0 Å². The lowest BCUT2D eigenvalue weighted by molar-refractivity contribution is -0.123. The maximum Gasteiger partial charge on any atom is 0.264 e. The molecule has 0 aliphatic heterocycles. The molecule has 4 nitrogen and oxygen atoms in total. The second kappa shape index (κ2) is 5.53. The van der Waals surface area contributed by atoms with Crippen LogP contribution in [-0.4, -0.2) is 32.8 Å². The summed E-state index contributed by atoms with van der Waals surface area (Å²) in [7, 11) is 1.55. The lowest BCUT2D eigenvalue weighted by Crippen LogP contribution is -2.11. The molecular formula is C5H10NO3. The predicted molar refractivity (Wildman–Crippen MR) is 30.8 cm³/mol. The van der Waals surface area contributed by atoms with Gasteiger partial charge in [0.1, 0.15) is 6.61 Å². The largest absolute Gasteiger partial charge is 0.382 e. The molecule has 4 heteroatoms. The fraction of sp³-hybridized carbons (Fsp3) is 0.800. The molecule has 1 amide bonds. The Morgan fingerprint density at radius 3 is 2.67 bits per heavy atom. The summed E-state index contributed by atoms with van der Waals surface area (Å²) in [4.78, 5) is 9.91. The van der Waals surface area contributed by atoms with Crippen molar-refractivity contribution >= 4 is 5.91 Å². The Kier molecular flexibility index (Phi) is 5.15. The minimum Gasteiger partial charge on any atom is -0.382 e. The van der Waals surface area contributed by atoms with Gasteiger partial charge in [0.2, 0.25) is 0 Å². The maximum absolute atomic E-state index is 9.91. The monoisotopic (exact) mass is 132 g/mol. The minimum absolute atomic E-state index is 0.136. The summed E-state index contributed by atoms with van der Waals surface area (Å²) in [5, 5.41) is 0. The number of ether oxygens (including phenoxy) is 2. The topological polar surface area (TPSA) is 59.3 Å². The number of nitrogens with one attached hydrogen (secondary N) is 1. The van der Waals surface area contributed by atoms with Gasteiger partial charge in [0.15, 0.2) is 0 Å². The molecule has 0 saturated carbocycles. The first-order valence-corrected chi connectivity index (χ1v) is 2.58. The first kappa shape index (κ1) is 8.39. The smallest absolute Gasteiger partial charge is 0.264 e. The SMILES string of the molecule is COCCOCC([NH])=O. The summed E-state index contributed by atoms with van der Waals surface area (Å²) >= 11 is 0. The molecule has 0 saturated heterocycles. The van der Waals surface area contributed by atoms with Crippen LogP contribution in [0.25, 0.3) is 0 Å². The summed E-state index contributed by atoms with van der Waals surface area (Å²) in [5.74, 6) is -0.703. The molecule has 0 spiro atoms. The van der Waals surface area contributed by atoms with Gasteiger partial charge in [0, 0.05) is 7.11 Å². The molecular weight excluding hydrogens is 122 g/mol. The van der Waals surface area contributed by atoms with Gasteiger partial charge in [-0.05, 0) is 0 Å². The van der Waals surface area contributed by atoms with E-state index in [0.29, 0.717) is 13.2 Å². The standard InChI is InChI=1S/C5H10NO3/c1-8-2-3-9-4-5(6)7/h6H,2-4H2,1H3. The van der Waals surface area contributed by atoms with Gasteiger partial charge in [-0.1, -0.05) is 0 Å². The fourth-order valence-electron chi connectivity index (χ4n) is 0.307. The van der Waals surface area contributed by atoms with Crippen molar-refractivity contribution in [2.24, 2.45) is 0 Å². The second-order valence-corrected chi connectivity index (χ2v) is 1.47. The van der Waals surface area contributed by atoms with Crippen LogP contribution in [-0.2, 0) is 14.3 Å². The Morgan fingerprint density at radius 1 is 1.56 bits per heavy atom. The highest BCUT2D eigenvalue weighted by Gasteiger charge is 1.92. The van der Waals surface area contributed by atoms with E-state index in [-0.39, 0.29) is 6.61 Å². The lowest BCUT2D eigenvalue weighted by atomic mass is 10.7. The molecule has 0 rings (SSSR count). The number of hydrogen-bond acceptors (Lipinski definition) is 3. The van der Waals surface area contributed by atoms with E-state index < -0.39 is 5.91 Å². The lowest BCUT2D eigenvalue weighted by Gasteiger charge is -1.97. The van der Waals surface area contributed by atoms with Crippen molar-refractivity contribution in [2.45, 2.75) is 0 Å². The fourth-order valence-corrected chi connectivity index (χ4v) is 0.307. The molecule has 53 valence electrons. The van der Waals surface area contributed by atoms with Gasteiger partial charge >= 0.3 is 0 Å². The quantitative estimate of drug-likeness (QED) is 0.472. The normalized spacial score (nSPS) is 9.44. The Hall–Kier alpha value is -0.610. The molecule has 0 aromatic heterocycles. The Labute approximate surface area is 53.9 Å². The Bertz CT molecular complexity index is 84.3. The molecule has 0 bridgehead atoms. The Balaban J connectivity index is 2.83. The number of rotatable bonds is 5. The van der Waals surface area contributed by atoms with Gasteiger partial charge < -0.3 is 9.47 Å². The van der Waals surface area contributed by atoms with Gasteiger partial charge in [0.25, 0.3) is 5.91 Å². The van der Waals surface area contributed by atoms with Crippen LogP contribution in [0.15, 0.2) is 0 Å². The molecule has 0 heterocycles. The average Bonchev–Trinajstić information content (AvgIpc) is 1.80. The molecule has 1 radical (unpaired) electrons. The molecule has 9 heavy (non-hydrogen) atoms. The van der Waals surface area contributed by atoms with E-state index in [2.05, 4.69) is 9.47 Å². The zero-order chi connectivity index (χ0) is 7.11. The van der Waals surface area contributed by atoms with Crippen LogP contribution in [0.5, 0.6) is 0 Å². The van der Waals surface area contributed by atoms with E-state index in [1.165, 1.54) is 0 Å². The second-order valence-electron chi connectivity index (χ2n) is 1.47. The van der Waals surface area contributed by atoms with Gasteiger partial charge in [-0.25, -0.2) is 0 Å². The van der Waals surface area contributed by atoms with E-state index in [1.54, 1.807) is 7.11 Å². The highest BCUT2D eigenvalue weighted by Crippen LogP contribution is 1.74. The average molecular weight is 132 g/mol. The minimum atomic E-state index is -0.703. The van der Waals surface area contributed by atoms with E-state index >= 15 is 0 Å². The van der Waals surface area contributed by atoms with Gasteiger partial charge in [-0.15, -0.1) is 0 Å². The Morgan fingerprint density at radius 2 is 2.22 bits per heavy atom. The van der Waals surface area contributed by atoms with E-state index in [9.17, 15) is 4.79 Å². The molecule has 0 unspecified atom stereocenters. The van der Waals surface area contributed by atoms with Crippen molar-refractivity contribution in [3.05, 3.63) is 0 Å². The zero-order valence-electron chi connectivity index (χ0n) is 5.35. The first-order chi connectivity index (χ1) is 4.27. The van der Waals surface area contributed by atoms with E-state index in [0.717, 1.165) is 0 Å². The van der Waals surface area contributed by atoms with Crippen LogP contribution >= 0.6 is 0 Å². The third kappa shape index (κ3) is 7.39. The van der Waals surface area contributed by atoms with Crippen LogP contribution < -0.4 is 5.73 Å². The van der Waals surface area contributed by atoms with E-state index in [4.69, 9.17) is 5.73 Å². The number of carbonyl (C=O) groups is 1. The molecule has 0 fully saturated rings. The predicted octanol–water partition coefficient (Wildman–Crippen LogP) is -0.541. The van der Waals surface area contributed by atoms with Crippen molar-refractivity contribution in [2.75, 3.05) is 26.9 Å². The highest BCUT2D eigenvalue weighted by atomic mass is 16.5. The van der Waals surface area contributed by atoms with Gasteiger partial charge in [0.05, 0.1) is 13.2 Å². The van der Waals surface area contributed by atoms with Gasteiger partial charge in [-0.2, -0.15) is 0 Å².